The number of nitrogens with zero attached hydrogens (tertiary/aromatic N) is 2. The van der Waals surface area contributed by atoms with Crippen LogP contribution in [-0.2, 0) is 4.79 Å². The lowest BCUT2D eigenvalue weighted by atomic mass is 10.1. The number of hydrogen-bond donors (Lipinski definition) is 1. The van der Waals surface area contributed by atoms with E-state index in [1.807, 2.05) is 4.90 Å². The van der Waals surface area contributed by atoms with Crippen molar-refractivity contribution in [1.29, 1.82) is 0 Å². The summed E-state index contributed by atoms with van der Waals surface area (Å²) in [6.07, 6.45) is 0. The molecular weight excluding hydrogens is 386 g/mol. The zero-order chi connectivity index (χ0) is 20.3. The van der Waals surface area contributed by atoms with E-state index in [0.29, 0.717) is 12.3 Å². The van der Waals surface area contributed by atoms with Crippen LogP contribution in [0.3, 0.4) is 0 Å². The average Bonchev–Trinajstić information content (AvgIpc) is 3.03. The van der Waals surface area contributed by atoms with Crippen LogP contribution in [0, 0.1) is 20.8 Å². The molecule has 1 heterocycles. The third-order valence-electron chi connectivity index (χ3n) is 4.74. The van der Waals surface area contributed by atoms with Crippen molar-refractivity contribution in [2.45, 2.75) is 25.7 Å². The number of carbonyl (C=O) groups excluding carboxylic acids is 1. The van der Waals surface area contributed by atoms with Gasteiger partial charge in [0.1, 0.15) is 0 Å². The van der Waals surface area contributed by atoms with E-state index in [-0.39, 0.29) is 5.91 Å². The van der Waals surface area contributed by atoms with Crippen LogP contribution in [0.15, 0.2) is 41.3 Å². The molecule has 4 nitrogen and oxygen atoms in total. The summed E-state index contributed by atoms with van der Waals surface area (Å²) in [7, 11) is 4.21. The standard InChI is InChI=1S/C22H27N3OS2/c1-15-6-8-18(9-7-15)27-14-21(26)25(11-10-24(4)5)22-23-19-12-16(2)17(3)13-20(19)28-22/h6-9,12-13H,10-11,14H2,1-5H3/p+1. The Kier molecular flexibility index (Phi) is 6.75. The van der Waals surface area contributed by atoms with Gasteiger partial charge in [0.15, 0.2) is 5.13 Å². The normalized spacial score (nSPS) is 11.4. The zero-order valence-electron chi connectivity index (χ0n) is 17.2. The zero-order valence-corrected chi connectivity index (χ0v) is 18.8. The van der Waals surface area contributed by atoms with E-state index in [1.54, 1.807) is 23.1 Å². The Morgan fingerprint density at radius 3 is 2.46 bits per heavy atom. The number of rotatable bonds is 7. The van der Waals surface area contributed by atoms with E-state index in [2.05, 4.69) is 71.3 Å². The Morgan fingerprint density at radius 2 is 1.79 bits per heavy atom. The maximum absolute atomic E-state index is 13.1. The summed E-state index contributed by atoms with van der Waals surface area (Å²) in [6, 6.07) is 12.6. The molecule has 1 aromatic heterocycles. The number of nitrogens with one attached hydrogen (secondary N) is 1. The molecule has 1 N–H and O–H groups in total. The predicted molar refractivity (Wildman–Crippen MR) is 121 cm³/mol. The number of carbonyl (C=O) groups is 1. The van der Waals surface area contributed by atoms with Crippen molar-refractivity contribution in [3.8, 4) is 0 Å². The monoisotopic (exact) mass is 414 g/mol. The summed E-state index contributed by atoms with van der Waals surface area (Å²) >= 11 is 3.19. The highest BCUT2D eigenvalue weighted by atomic mass is 32.2. The van der Waals surface area contributed by atoms with Gasteiger partial charge in [-0.1, -0.05) is 29.0 Å². The van der Waals surface area contributed by atoms with Crippen molar-refractivity contribution in [2.24, 2.45) is 0 Å². The molecule has 0 aliphatic rings. The molecule has 2 aromatic carbocycles. The lowest BCUT2D eigenvalue weighted by molar-refractivity contribution is -0.856. The topological polar surface area (TPSA) is 37.6 Å². The van der Waals surface area contributed by atoms with E-state index in [4.69, 9.17) is 4.98 Å². The molecule has 0 bridgehead atoms. The molecule has 148 valence electrons. The van der Waals surface area contributed by atoms with E-state index in [1.165, 1.54) is 21.6 Å². The number of benzene rings is 2. The SMILES string of the molecule is Cc1ccc(SCC(=O)N(CC[NH+](C)C)c2nc3cc(C)c(C)cc3s2)cc1. The van der Waals surface area contributed by atoms with E-state index in [9.17, 15) is 4.79 Å². The van der Waals surface area contributed by atoms with E-state index < -0.39 is 0 Å². The van der Waals surface area contributed by atoms with E-state index in [0.717, 1.165) is 26.8 Å². The maximum Gasteiger partial charge on any atom is 0.239 e. The highest BCUT2D eigenvalue weighted by Gasteiger charge is 2.21. The molecule has 0 saturated heterocycles. The molecule has 0 aliphatic heterocycles. The summed E-state index contributed by atoms with van der Waals surface area (Å²) < 4.78 is 1.14. The third-order valence-corrected chi connectivity index (χ3v) is 6.78. The molecule has 6 heteroatoms. The first-order chi connectivity index (χ1) is 13.3. The van der Waals surface area contributed by atoms with Gasteiger partial charge in [-0.05, 0) is 56.2 Å². The first-order valence-corrected chi connectivity index (χ1v) is 11.3. The van der Waals surface area contributed by atoms with Crippen LogP contribution >= 0.6 is 23.1 Å². The molecular formula is C22H28N3OS2+. The number of quaternary nitrogens is 1. The fraction of sp³-hybridized carbons (Fsp3) is 0.364. The second-order valence-electron chi connectivity index (χ2n) is 7.50. The minimum absolute atomic E-state index is 0.110. The second kappa shape index (κ2) is 9.07. The smallest absolute Gasteiger partial charge is 0.239 e. The van der Waals surface area contributed by atoms with Gasteiger partial charge in [0.2, 0.25) is 5.91 Å². The minimum atomic E-state index is 0.110. The number of thiazole rings is 1. The number of anilines is 1. The van der Waals surface area contributed by atoms with Gasteiger partial charge in [-0.3, -0.25) is 9.69 Å². The van der Waals surface area contributed by atoms with Crippen molar-refractivity contribution in [1.82, 2.24) is 4.98 Å². The molecule has 0 atom stereocenters. The van der Waals surface area contributed by atoms with Gasteiger partial charge in [0, 0.05) is 4.90 Å². The van der Waals surface area contributed by atoms with Gasteiger partial charge in [0.05, 0.1) is 43.2 Å². The Balaban J connectivity index is 1.81. The highest BCUT2D eigenvalue weighted by molar-refractivity contribution is 8.00. The highest BCUT2D eigenvalue weighted by Crippen LogP contribution is 2.31. The van der Waals surface area contributed by atoms with Crippen LogP contribution in [0.2, 0.25) is 0 Å². The van der Waals surface area contributed by atoms with Crippen molar-refractivity contribution in [3.05, 3.63) is 53.1 Å². The van der Waals surface area contributed by atoms with Crippen LogP contribution in [0.25, 0.3) is 10.2 Å². The van der Waals surface area contributed by atoms with Crippen LogP contribution < -0.4 is 9.80 Å². The lowest BCUT2D eigenvalue weighted by Crippen LogP contribution is -3.06. The number of fused-ring (bicyclic) bond motifs is 1. The van der Waals surface area contributed by atoms with Crippen LogP contribution in [0.5, 0.6) is 0 Å². The van der Waals surface area contributed by atoms with Crippen LogP contribution in [0.1, 0.15) is 16.7 Å². The minimum Gasteiger partial charge on any atom is -0.338 e. The lowest BCUT2D eigenvalue weighted by Gasteiger charge is -2.20. The Bertz CT molecular complexity index is 925. The number of thioether (sulfide) groups is 1. The summed E-state index contributed by atoms with van der Waals surface area (Å²) in [5.41, 5.74) is 4.69. The quantitative estimate of drug-likeness (QED) is 0.602. The van der Waals surface area contributed by atoms with Crippen molar-refractivity contribution < 1.29 is 9.69 Å². The predicted octanol–water partition coefficient (Wildman–Crippen LogP) is 3.49. The summed E-state index contributed by atoms with van der Waals surface area (Å²) in [5.74, 6) is 0.527. The van der Waals surface area contributed by atoms with Gasteiger partial charge in [-0.15, -0.1) is 11.8 Å². The van der Waals surface area contributed by atoms with Crippen molar-refractivity contribution >= 4 is 44.4 Å². The molecule has 3 aromatic rings. The Morgan fingerprint density at radius 1 is 1.11 bits per heavy atom. The Labute approximate surface area is 175 Å². The molecule has 28 heavy (non-hydrogen) atoms. The largest absolute Gasteiger partial charge is 0.338 e. The van der Waals surface area contributed by atoms with Gasteiger partial charge < -0.3 is 4.90 Å². The number of aromatic nitrogens is 1. The number of likely N-dealkylation sites (N-methyl/N-ethyl adjacent to an activating group) is 1. The van der Waals surface area contributed by atoms with Gasteiger partial charge in [-0.25, -0.2) is 4.98 Å². The third kappa shape index (κ3) is 5.13. The molecule has 1 amide bonds. The Hall–Kier alpha value is -1.89. The molecule has 3 rings (SSSR count). The number of aryl methyl sites for hydroxylation is 3. The van der Waals surface area contributed by atoms with Crippen LogP contribution in [-0.4, -0.2) is 43.8 Å². The molecule has 0 radical (unpaired) electrons. The number of hydrogen-bond acceptors (Lipinski definition) is 4. The molecule has 0 spiro atoms. The van der Waals surface area contributed by atoms with Crippen molar-refractivity contribution in [3.63, 3.8) is 0 Å². The summed E-state index contributed by atoms with van der Waals surface area (Å²) in [5, 5.41) is 0.802. The average molecular weight is 415 g/mol. The fourth-order valence-corrected chi connectivity index (χ4v) is 4.67. The molecule has 0 unspecified atom stereocenters. The van der Waals surface area contributed by atoms with Crippen molar-refractivity contribution in [2.75, 3.05) is 37.8 Å². The number of amides is 1. The van der Waals surface area contributed by atoms with Gasteiger partial charge in [-0.2, -0.15) is 0 Å². The van der Waals surface area contributed by atoms with E-state index >= 15 is 0 Å². The summed E-state index contributed by atoms with van der Waals surface area (Å²) in [6.45, 7) is 7.85. The molecule has 0 aliphatic carbocycles. The van der Waals surface area contributed by atoms with Gasteiger partial charge >= 0.3 is 0 Å². The molecule has 0 fully saturated rings. The second-order valence-corrected chi connectivity index (χ2v) is 9.56. The van der Waals surface area contributed by atoms with Crippen LogP contribution in [0.4, 0.5) is 5.13 Å². The first kappa shape index (κ1) is 20.8. The summed E-state index contributed by atoms with van der Waals surface area (Å²) in [4.78, 5) is 22.2. The van der Waals surface area contributed by atoms with Gasteiger partial charge in [0.25, 0.3) is 0 Å². The fourth-order valence-electron chi connectivity index (χ4n) is 2.80. The first-order valence-electron chi connectivity index (χ1n) is 9.50. The molecule has 0 saturated carbocycles. The maximum atomic E-state index is 13.1.